The largest absolute Gasteiger partial charge is 0.389 e. The number of thiocarbonyl (C=S) groups is 1. The molecule has 0 heterocycles. The molecule has 0 amide bonds. The van der Waals surface area contributed by atoms with Crippen molar-refractivity contribution in [3.63, 3.8) is 0 Å². The Balaban J connectivity index is 1.98. The molecule has 1 aliphatic carbocycles. The smallest absolute Gasteiger partial charge is 0.129 e. The van der Waals surface area contributed by atoms with Crippen LogP contribution in [0.15, 0.2) is 18.2 Å². The van der Waals surface area contributed by atoms with E-state index in [0.29, 0.717) is 23.8 Å². The van der Waals surface area contributed by atoms with Crippen molar-refractivity contribution in [1.82, 2.24) is 0 Å². The number of hydrogen-bond acceptors (Lipinski definition) is 2. The zero-order valence-corrected chi connectivity index (χ0v) is 10.4. The van der Waals surface area contributed by atoms with E-state index in [-0.39, 0.29) is 10.8 Å². The van der Waals surface area contributed by atoms with Gasteiger partial charge in [-0.2, -0.15) is 0 Å². The second kappa shape index (κ2) is 5.56. The van der Waals surface area contributed by atoms with Gasteiger partial charge in [-0.3, -0.25) is 0 Å². The van der Waals surface area contributed by atoms with E-state index in [4.69, 9.17) is 22.7 Å². The number of benzene rings is 1. The maximum Gasteiger partial charge on any atom is 0.129 e. The van der Waals surface area contributed by atoms with Crippen molar-refractivity contribution in [1.29, 1.82) is 0 Å². The first-order valence-corrected chi connectivity index (χ1v) is 6.27. The van der Waals surface area contributed by atoms with Gasteiger partial charge in [0.15, 0.2) is 0 Å². The van der Waals surface area contributed by atoms with Crippen LogP contribution in [0.4, 0.5) is 4.39 Å². The van der Waals surface area contributed by atoms with Crippen LogP contribution in [0, 0.1) is 5.82 Å². The van der Waals surface area contributed by atoms with Gasteiger partial charge >= 0.3 is 0 Å². The molecule has 0 spiro atoms. The Kier molecular flexibility index (Phi) is 4.07. The van der Waals surface area contributed by atoms with E-state index in [1.807, 2.05) is 0 Å². The molecule has 1 aromatic carbocycles. The van der Waals surface area contributed by atoms with E-state index >= 15 is 0 Å². The van der Waals surface area contributed by atoms with Gasteiger partial charge < -0.3 is 10.5 Å². The van der Waals surface area contributed by atoms with Crippen LogP contribution in [-0.2, 0) is 11.3 Å². The van der Waals surface area contributed by atoms with E-state index < -0.39 is 0 Å². The van der Waals surface area contributed by atoms with Crippen LogP contribution in [-0.4, -0.2) is 11.1 Å². The van der Waals surface area contributed by atoms with Gasteiger partial charge in [-0.25, -0.2) is 4.39 Å². The molecule has 1 aromatic rings. The molecule has 2 N–H and O–H groups in total. The molecule has 0 saturated heterocycles. The second-order valence-electron chi connectivity index (χ2n) is 4.39. The van der Waals surface area contributed by atoms with E-state index in [0.717, 1.165) is 12.8 Å². The highest BCUT2D eigenvalue weighted by Crippen LogP contribution is 2.22. The van der Waals surface area contributed by atoms with E-state index in [2.05, 4.69) is 0 Å². The van der Waals surface area contributed by atoms with Crippen LogP contribution in [0.2, 0.25) is 0 Å². The molecule has 0 atom stereocenters. The Labute approximate surface area is 106 Å². The summed E-state index contributed by atoms with van der Waals surface area (Å²) < 4.78 is 19.4. The Hall–Kier alpha value is -1.00. The summed E-state index contributed by atoms with van der Waals surface area (Å²) in [6.45, 7) is 0.327. The van der Waals surface area contributed by atoms with Gasteiger partial charge in [0, 0.05) is 11.1 Å². The summed E-state index contributed by atoms with van der Waals surface area (Å²) in [6, 6.07) is 4.80. The predicted molar refractivity (Wildman–Crippen MR) is 69.3 cm³/mol. The summed E-state index contributed by atoms with van der Waals surface area (Å²) in [6.07, 6.45) is 4.91. The highest BCUT2D eigenvalue weighted by Gasteiger charge is 2.16. The zero-order chi connectivity index (χ0) is 12.3. The highest BCUT2D eigenvalue weighted by atomic mass is 32.1. The Morgan fingerprint density at radius 3 is 2.71 bits per heavy atom. The lowest BCUT2D eigenvalue weighted by Gasteiger charge is -2.12. The first kappa shape index (κ1) is 12.5. The minimum Gasteiger partial charge on any atom is -0.389 e. The molecule has 1 saturated carbocycles. The molecular weight excluding hydrogens is 237 g/mol. The van der Waals surface area contributed by atoms with Crippen LogP contribution in [0.3, 0.4) is 0 Å². The van der Waals surface area contributed by atoms with Crippen LogP contribution >= 0.6 is 12.2 Å². The maximum atomic E-state index is 13.7. The SMILES string of the molecule is NC(=S)c1ccc(COC2CCCC2)c(F)c1. The van der Waals surface area contributed by atoms with Crippen molar-refractivity contribution >= 4 is 17.2 Å². The molecular formula is C13H16FNOS. The van der Waals surface area contributed by atoms with Gasteiger partial charge in [-0.05, 0) is 18.9 Å². The minimum atomic E-state index is -0.298. The third-order valence-corrected chi connectivity index (χ3v) is 3.35. The molecule has 0 aliphatic heterocycles. The average Bonchev–Trinajstić information content (AvgIpc) is 2.80. The summed E-state index contributed by atoms with van der Waals surface area (Å²) in [5, 5.41) is 0. The number of hydrogen-bond donors (Lipinski definition) is 1. The molecule has 0 unspecified atom stereocenters. The molecule has 1 aliphatic rings. The summed E-state index contributed by atoms with van der Waals surface area (Å²) in [5.74, 6) is -0.298. The lowest BCUT2D eigenvalue weighted by atomic mass is 10.1. The third-order valence-electron chi connectivity index (χ3n) is 3.11. The van der Waals surface area contributed by atoms with Crippen LogP contribution in [0.25, 0.3) is 0 Å². The lowest BCUT2D eigenvalue weighted by molar-refractivity contribution is 0.0441. The van der Waals surface area contributed by atoms with Crippen LogP contribution < -0.4 is 5.73 Å². The van der Waals surface area contributed by atoms with Gasteiger partial charge in [-0.1, -0.05) is 37.2 Å². The molecule has 17 heavy (non-hydrogen) atoms. The average molecular weight is 253 g/mol. The molecule has 1 fully saturated rings. The van der Waals surface area contributed by atoms with E-state index in [9.17, 15) is 4.39 Å². The Morgan fingerprint density at radius 2 is 2.12 bits per heavy atom. The topological polar surface area (TPSA) is 35.2 Å². The fourth-order valence-electron chi connectivity index (χ4n) is 2.08. The molecule has 0 aromatic heterocycles. The zero-order valence-electron chi connectivity index (χ0n) is 9.62. The van der Waals surface area contributed by atoms with Crippen molar-refractivity contribution in [2.24, 2.45) is 5.73 Å². The van der Waals surface area contributed by atoms with Crippen molar-refractivity contribution in [2.75, 3.05) is 0 Å². The molecule has 4 heteroatoms. The molecule has 2 nitrogen and oxygen atoms in total. The van der Waals surface area contributed by atoms with Gasteiger partial charge in [0.2, 0.25) is 0 Å². The van der Waals surface area contributed by atoms with Crippen molar-refractivity contribution in [2.45, 2.75) is 38.4 Å². The van der Waals surface area contributed by atoms with Crippen LogP contribution in [0.1, 0.15) is 36.8 Å². The van der Waals surface area contributed by atoms with Gasteiger partial charge in [0.1, 0.15) is 10.8 Å². The highest BCUT2D eigenvalue weighted by molar-refractivity contribution is 7.80. The molecule has 2 rings (SSSR count). The fraction of sp³-hybridized carbons (Fsp3) is 0.462. The molecule has 0 bridgehead atoms. The van der Waals surface area contributed by atoms with Crippen LogP contribution in [0.5, 0.6) is 0 Å². The number of ether oxygens (including phenoxy) is 1. The van der Waals surface area contributed by atoms with Crippen molar-refractivity contribution in [3.05, 3.63) is 35.1 Å². The lowest BCUT2D eigenvalue weighted by Crippen LogP contribution is -2.11. The normalized spacial score (nSPS) is 16.3. The fourth-order valence-corrected chi connectivity index (χ4v) is 2.21. The molecule has 92 valence electrons. The summed E-state index contributed by atoms with van der Waals surface area (Å²) >= 11 is 4.80. The number of rotatable bonds is 4. The number of halogens is 1. The van der Waals surface area contributed by atoms with E-state index in [1.165, 1.54) is 18.9 Å². The van der Waals surface area contributed by atoms with Crippen molar-refractivity contribution in [3.8, 4) is 0 Å². The van der Waals surface area contributed by atoms with Gasteiger partial charge in [-0.15, -0.1) is 0 Å². The summed E-state index contributed by atoms with van der Waals surface area (Å²) in [4.78, 5) is 0.215. The Bertz CT molecular complexity index is 416. The minimum absolute atomic E-state index is 0.215. The first-order valence-electron chi connectivity index (χ1n) is 5.86. The van der Waals surface area contributed by atoms with Crippen molar-refractivity contribution < 1.29 is 9.13 Å². The quantitative estimate of drug-likeness (QED) is 0.838. The molecule has 0 radical (unpaired) electrons. The van der Waals surface area contributed by atoms with Gasteiger partial charge in [0.05, 0.1) is 12.7 Å². The first-order chi connectivity index (χ1) is 8.16. The van der Waals surface area contributed by atoms with E-state index in [1.54, 1.807) is 12.1 Å². The summed E-state index contributed by atoms with van der Waals surface area (Å²) in [5.41, 5.74) is 6.56. The standard InChI is InChI=1S/C13H16FNOS/c14-12-7-9(13(15)17)5-6-10(12)8-16-11-3-1-2-4-11/h5-7,11H,1-4,8H2,(H2,15,17). The van der Waals surface area contributed by atoms with Gasteiger partial charge in [0.25, 0.3) is 0 Å². The third kappa shape index (κ3) is 3.23. The predicted octanol–water partition coefficient (Wildman–Crippen LogP) is 2.92. The second-order valence-corrected chi connectivity index (χ2v) is 4.83. The monoisotopic (exact) mass is 253 g/mol. The maximum absolute atomic E-state index is 13.7. The number of nitrogens with two attached hydrogens (primary N) is 1. The summed E-state index contributed by atoms with van der Waals surface area (Å²) in [7, 11) is 0. The Morgan fingerprint density at radius 1 is 1.41 bits per heavy atom.